The highest BCUT2D eigenvalue weighted by atomic mass is 31.2. The van der Waals surface area contributed by atoms with Gasteiger partial charge in [-0.1, -0.05) is 307 Å². The van der Waals surface area contributed by atoms with Crippen molar-refractivity contribution in [2.24, 2.45) is 0 Å². The van der Waals surface area contributed by atoms with E-state index in [1.165, 1.54) is 244 Å². The summed E-state index contributed by atoms with van der Waals surface area (Å²) in [6.07, 6.45) is 75.0. The number of nitrogens with zero attached hydrogens (tertiary/aromatic N) is 1. The van der Waals surface area contributed by atoms with Gasteiger partial charge in [0.15, 0.2) is 6.10 Å². The molecule has 0 aliphatic carbocycles. The molecule has 0 aromatic rings. The zero-order chi connectivity index (χ0) is 57.0. The molecule has 0 saturated heterocycles. The number of phosphoric ester groups is 1. The molecular weight excluding hydrogens is 990 g/mol. The van der Waals surface area contributed by atoms with Crippen LogP contribution >= 0.6 is 7.82 Å². The van der Waals surface area contributed by atoms with Gasteiger partial charge in [0.05, 0.1) is 27.7 Å². The number of allylic oxidation sites excluding steroid dienone is 6. The molecule has 2 unspecified atom stereocenters. The number of carbonyl (C=O) groups is 2. The lowest BCUT2D eigenvalue weighted by Gasteiger charge is -2.28. The average molecular weight is 1120 g/mol. The lowest BCUT2D eigenvalue weighted by Crippen LogP contribution is -2.37. The third-order valence-corrected chi connectivity index (χ3v) is 16.1. The molecular formula is C68H130NO8P. The van der Waals surface area contributed by atoms with E-state index in [2.05, 4.69) is 50.3 Å². The Labute approximate surface area is 484 Å². The molecule has 10 heteroatoms. The second-order valence-electron chi connectivity index (χ2n) is 24.2. The molecule has 0 aromatic heterocycles. The van der Waals surface area contributed by atoms with E-state index in [0.29, 0.717) is 17.4 Å². The summed E-state index contributed by atoms with van der Waals surface area (Å²) in [5.41, 5.74) is 0. The third kappa shape index (κ3) is 63.4. The number of likely N-dealkylation sites (N-methyl/N-ethyl adjacent to an activating group) is 1. The summed E-state index contributed by atoms with van der Waals surface area (Å²) in [5.74, 6) is -0.820. The van der Waals surface area contributed by atoms with Gasteiger partial charge in [-0.2, -0.15) is 0 Å². The van der Waals surface area contributed by atoms with Crippen molar-refractivity contribution in [3.8, 4) is 0 Å². The summed E-state index contributed by atoms with van der Waals surface area (Å²) in [4.78, 5) is 38.0. The van der Waals surface area contributed by atoms with E-state index >= 15 is 0 Å². The van der Waals surface area contributed by atoms with E-state index in [1.54, 1.807) is 0 Å². The van der Waals surface area contributed by atoms with Crippen LogP contribution in [0.15, 0.2) is 36.5 Å². The number of hydrogen-bond acceptors (Lipinski definition) is 8. The number of hydrogen-bond donors (Lipinski definition) is 0. The highest BCUT2D eigenvalue weighted by Gasteiger charge is 2.22. The Morgan fingerprint density at radius 1 is 0.397 bits per heavy atom. The fraction of sp³-hybridized carbons (Fsp3) is 0.882. The molecule has 0 spiro atoms. The van der Waals surface area contributed by atoms with Crippen LogP contribution in [0.1, 0.15) is 335 Å². The van der Waals surface area contributed by atoms with E-state index in [0.717, 1.165) is 57.8 Å². The monoisotopic (exact) mass is 1120 g/mol. The fourth-order valence-corrected chi connectivity index (χ4v) is 10.7. The van der Waals surface area contributed by atoms with Crippen LogP contribution < -0.4 is 4.89 Å². The Balaban J connectivity index is 4.04. The standard InChI is InChI=1S/C68H130NO8P/c1-6-8-10-12-14-16-18-20-22-24-26-28-30-32-33-34-35-37-38-40-42-44-46-48-50-52-54-56-58-60-67(70)74-64-66(65-76-78(72,73)75-63-62-69(3,4)5)77-68(71)61-59-57-55-53-51-49-47-45-43-41-39-36-31-29-27-25-23-21-19-17-15-13-11-9-7-2/h19,21,25,27,31,36,66H,6-18,20,22-24,26,28-30,32-35,37-65H2,1-5H3/b21-19-,27-25-,36-31-. The van der Waals surface area contributed by atoms with Gasteiger partial charge in [0.2, 0.25) is 0 Å². The summed E-state index contributed by atoms with van der Waals surface area (Å²) in [5, 5.41) is 0. The molecule has 0 aliphatic heterocycles. The van der Waals surface area contributed by atoms with Gasteiger partial charge in [0.1, 0.15) is 19.8 Å². The Morgan fingerprint density at radius 3 is 1.03 bits per heavy atom. The Hall–Kier alpha value is -1.77. The minimum Gasteiger partial charge on any atom is -0.756 e. The molecule has 78 heavy (non-hydrogen) atoms. The van der Waals surface area contributed by atoms with Crippen molar-refractivity contribution >= 4 is 19.8 Å². The van der Waals surface area contributed by atoms with Gasteiger partial charge in [0.25, 0.3) is 7.82 Å². The quantitative estimate of drug-likeness (QED) is 0.0195. The number of carbonyl (C=O) groups excluding carboxylic acids is 2. The van der Waals surface area contributed by atoms with Gasteiger partial charge < -0.3 is 27.9 Å². The maximum absolute atomic E-state index is 12.8. The van der Waals surface area contributed by atoms with Crippen LogP contribution in [-0.4, -0.2) is 70.0 Å². The molecule has 2 atom stereocenters. The molecule has 0 bridgehead atoms. The zero-order valence-corrected chi connectivity index (χ0v) is 53.3. The van der Waals surface area contributed by atoms with E-state index in [1.807, 2.05) is 21.1 Å². The number of unbranched alkanes of at least 4 members (excludes halogenated alkanes) is 43. The van der Waals surface area contributed by atoms with Gasteiger partial charge in [-0.3, -0.25) is 14.2 Å². The molecule has 0 saturated carbocycles. The predicted molar refractivity (Wildman–Crippen MR) is 333 cm³/mol. The smallest absolute Gasteiger partial charge is 0.306 e. The minimum absolute atomic E-state index is 0.0300. The van der Waals surface area contributed by atoms with Crippen molar-refractivity contribution in [3.05, 3.63) is 36.5 Å². The first-order valence-corrected chi connectivity index (χ1v) is 35.2. The molecule has 0 fully saturated rings. The molecule has 0 rings (SSSR count). The number of rotatable bonds is 63. The van der Waals surface area contributed by atoms with Crippen LogP contribution in [0.5, 0.6) is 0 Å². The molecule has 9 nitrogen and oxygen atoms in total. The summed E-state index contributed by atoms with van der Waals surface area (Å²) < 4.78 is 34.3. The van der Waals surface area contributed by atoms with Gasteiger partial charge >= 0.3 is 11.9 Å². The number of quaternary nitrogens is 1. The first-order valence-electron chi connectivity index (χ1n) is 33.7. The first-order chi connectivity index (χ1) is 38.0. The predicted octanol–water partition coefficient (Wildman–Crippen LogP) is 20.9. The normalized spacial score (nSPS) is 13.4. The maximum atomic E-state index is 12.8. The van der Waals surface area contributed by atoms with Crippen molar-refractivity contribution in [3.63, 3.8) is 0 Å². The van der Waals surface area contributed by atoms with E-state index in [9.17, 15) is 19.0 Å². The van der Waals surface area contributed by atoms with E-state index in [4.69, 9.17) is 18.5 Å². The summed E-state index contributed by atoms with van der Waals surface area (Å²) >= 11 is 0. The lowest BCUT2D eigenvalue weighted by molar-refractivity contribution is -0.870. The molecule has 0 heterocycles. The average Bonchev–Trinajstić information content (AvgIpc) is 3.40. The molecule has 0 radical (unpaired) electrons. The Kier molecular flexibility index (Phi) is 58.5. The second-order valence-corrected chi connectivity index (χ2v) is 25.6. The molecule has 0 amide bonds. The molecule has 0 N–H and O–H groups in total. The van der Waals surface area contributed by atoms with Crippen molar-refractivity contribution in [1.82, 2.24) is 0 Å². The van der Waals surface area contributed by atoms with Crippen molar-refractivity contribution in [1.29, 1.82) is 0 Å². The lowest BCUT2D eigenvalue weighted by atomic mass is 10.0. The summed E-state index contributed by atoms with van der Waals surface area (Å²) in [7, 11) is 1.18. The fourth-order valence-electron chi connectivity index (χ4n) is 9.96. The van der Waals surface area contributed by atoms with Crippen molar-refractivity contribution in [2.45, 2.75) is 341 Å². The minimum atomic E-state index is -4.64. The largest absolute Gasteiger partial charge is 0.756 e. The van der Waals surface area contributed by atoms with Crippen LogP contribution in [-0.2, 0) is 32.7 Å². The molecule has 0 aromatic carbocycles. The van der Waals surface area contributed by atoms with Crippen LogP contribution in [0, 0.1) is 0 Å². The third-order valence-electron chi connectivity index (χ3n) is 15.2. The van der Waals surface area contributed by atoms with Crippen molar-refractivity contribution < 1.29 is 42.1 Å². The highest BCUT2D eigenvalue weighted by Crippen LogP contribution is 2.38. The van der Waals surface area contributed by atoms with Crippen LogP contribution in [0.25, 0.3) is 0 Å². The summed E-state index contributed by atoms with van der Waals surface area (Å²) in [6, 6.07) is 0. The van der Waals surface area contributed by atoms with Crippen LogP contribution in [0.4, 0.5) is 0 Å². The maximum Gasteiger partial charge on any atom is 0.306 e. The Morgan fingerprint density at radius 2 is 0.692 bits per heavy atom. The van der Waals surface area contributed by atoms with Gasteiger partial charge in [-0.25, -0.2) is 0 Å². The van der Waals surface area contributed by atoms with Gasteiger partial charge in [0, 0.05) is 12.8 Å². The first kappa shape index (κ1) is 76.2. The second kappa shape index (κ2) is 59.8. The van der Waals surface area contributed by atoms with Gasteiger partial charge in [-0.05, 0) is 51.4 Å². The number of esters is 2. The van der Waals surface area contributed by atoms with Crippen LogP contribution in [0.3, 0.4) is 0 Å². The Bertz CT molecular complexity index is 1410. The highest BCUT2D eigenvalue weighted by molar-refractivity contribution is 7.45. The molecule has 460 valence electrons. The number of phosphoric acid groups is 1. The summed E-state index contributed by atoms with van der Waals surface area (Å²) in [6.45, 7) is 4.29. The van der Waals surface area contributed by atoms with Gasteiger partial charge in [-0.15, -0.1) is 0 Å². The topological polar surface area (TPSA) is 111 Å². The van der Waals surface area contributed by atoms with Crippen LogP contribution in [0.2, 0.25) is 0 Å². The van der Waals surface area contributed by atoms with Crippen molar-refractivity contribution in [2.75, 3.05) is 47.5 Å². The SMILES string of the molecule is CCCCCCC/C=C\C/C=C\C/C=C\CCCCCCCCCCCCC(=O)OC(COC(=O)CCCCCCCCCCCCCCCCCCCCCCCCCCCCCCC)COP(=O)([O-])OCC[N+](C)(C)C. The zero-order valence-electron chi connectivity index (χ0n) is 52.4. The molecule has 0 aliphatic rings. The van der Waals surface area contributed by atoms with E-state index in [-0.39, 0.29) is 32.0 Å². The number of ether oxygens (including phenoxy) is 2. The van der Waals surface area contributed by atoms with E-state index < -0.39 is 26.5 Å².